The molecule has 0 atom stereocenters. The molecule has 1 aromatic carbocycles. The second kappa shape index (κ2) is 5.74. The molecule has 2 aromatic rings. The number of hydrogen-bond donors (Lipinski definition) is 2. The summed E-state index contributed by atoms with van der Waals surface area (Å²) in [5.41, 5.74) is 1.25. The van der Waals surface area contributed by atoms with Gasteiger partial charge in [-0.25, -0.2) is 4.68 Å². The first-order valence-electron chi connectivity index (χ1n) is 7.30. The summed E-state index contributed by atoms with van der Waals surface area (Å²) in [5, 5.41) is 17.7. The molecule has 0 spiro atoms. The molecule has 1 aromatic heterocycles. The summed E-state index contributed by atoms with van der Waals surface area (Å²) in [6, 6.07) is 9.02. The summed E-state index contributed by atoms with van der Waals surface area (Å²) in [5.74, 6) is -0.274. The largest absolute Gasteiger partial charge is 0.388 e. The third kappa shape index (κ3) is 3.00. The second-order valence-corrected chi connectivity index (χ2v) is 6.26. The summed E-state index contributed by atoms with van der Waals surface area (Å²) >= 11 is 5.99. The van der Waals surface area contributed by atoms with Gasteiger partial charge in [-0.15, -0.1) is 0 Å². The number of amides is 1. The molecule has 1 fully saturated rings. The minimum atomic E-state index is -0.736. The van der Waals surface area contributed by atoms with Crippen LogP contribution in [0.5, 0.6) is 0 Å². The van der Waals surface area contributed by atoms with E-state index in [1.54, 1.807) is 22.9 Å². The van der Waals surface area contributed by atoms with Gasteiger partial charge in [-0.2, -0.15) is 5.10 Å². The van der Waals surface area contributed by atoms with Gasteiger partial charge >= 0.3 is 0 Å². The highest BCUT2D eigenvalue weighted by atomic mass is 35.5. The van der Waals surface area contributed by atoms with E-state index in [1.807, 2.05) is 19.1 Å². The van der Waals surface area contributed by atoms with Crippen LogP contribution < -0.4 is 5.32 Å². The van der Waals surface area contributed by atoms with Crippen LogP contribution in [0.3, 0.4) is 0 Å². The van der Waals surface area contributed by atoms with Gasteiger partial charge in [-0.05, 0) is 50.5 Å². The molecule has 2 N–H and O–H groups in total. The molecule has 5 nitrogen and oxygen atoms in total. The van der Waals surface area contributed by atoms with Gasteiger partial charge in [0.15, 0.2) is 5.69 Å². The monoisotopic (exact) mass is 319 g/mol. The van der Waals surface area contributed by atoms with Crippen LogP contribution in [0.15, 0.2) is 30.3 Å². The molecule has 116 valence electrons. The van der Waals surface area contributed by atoms with Crippen LogP contribution in [0.2, 0.25) is 5.02 Å². The molecule has 22 heavy (non-hydrogen) atoms. The smallest absolute Gasteiger partial charge is 0.271 e. The Morgan fingerprint density at radius 2 is 2.23 bits per heavy atom. The first-order valence-corrected chi connectivity index (χ1v) is 7.68. The van der Waals surface area contributed by atoms with Crippen LogP contribution in [-0.2, 0) is 0 Å². The highest BCUT2D eigenvalue weighted by molar-refractivity contribution is 6.30. The molecule has 0 aliphatic heterocycles. The van der Waals surface area contributed by atoms with Crippen LogP contribution in [0.4, 0.5) is 0 Å². The molecule has 0 unspecified atom stereocenters. The highest BCUT2D eigenvalue weighted by Crippen LogP contribution is 2.30. The molecule has 1 heterocycles. The number of aromatic nitrogens is 2. The van der Waals surface area contributed by atoms with Crippen LogP contribution in [-0.4, -0.2) is 32.9 Å². The van der Waals surface area contributed by atoms with Gasteiger partial charge in [0, 0.05) is 17.3 Å². The summed E-state index contributed by atoms with van der Waals surface area (Å²) < 4.78 is 1.68. The summed E-state index contributed by atoms with van der Waals surface area (Å²) in [7, 11) is 0. The molecule has 1 aliphatic carbocycles. The van der Waals surface area contributed by atoms with Crippen LogP contribution in [0.1, 0.15) is 35.4 Å². The number of carbonyl (C=O) groups is 1. The number of halogens is 1. The van der Waals surface area contributed by atoms with Crippen molar-refractivity contribution in [2.24, 2.45) is 0 Å². The number of aliphatic hydroxyl groups is 1. The molecule has 0 saturated heterocycles. The lowest BCUT2D eigenvalue weighted by Gasteiger charge is -2.36. The predicted octanol–water partition coefficient (Wildman–Crippen LogP) is 2.48. The average Bonchev–Trinajstić information content (AvgIpc) is 2.85. The fourth-order valence-electron chi connectivity index (χ4n) is 2.55. The molecule has 6 heteroatoms. The van der Waals surface area contributed by atoms with Crippen molar-refractivity contribution in [3.05, 3.63) is 46.7 Å². The Bertz CT molecular complexity index is 707. The fraction of sp³-hybridized carbons (Fsp3) is 0.375. The number of benzene rings is 1. The topological polar surface area (TPSA) is 67.2 Å². The maximum atomic E-state index is 12.2. The van der Waals surface area contributed by atoms with Crippen LogP contribution >= 0.6 is 11.6 Å². The van der Waals surface area contributed by atoms with Crippen molar-refractivity contribution < 1.29 is 9.90 Å². The Labute approximate surface area is 133 Å². The van der Waals surface area contributed by atoms with Crippen LogP contribution in [0, 0.1) is 6.92 Å². The maximum absolute atomic E-state index is 12.2. The highest BCUT2D eigenvalue weighted by Gasteiger charge is 2.34. The zero-order valence-electron chi connectivity index (χ0n) is 12.3. The Hall–Kier alpha value is -1.85. The van der Waals surface area contributed by atoms with Crippen molar-refractivity contribution in [2.45, 2.75) is 31.8 Å². The van der Waals surface area contributed by atoms with Gasteiger partial charge in [0.05, 0.1) is 11.3 Å². The molecule has 3 rings (SSSR count). The van der Waals surface area contributed by atoms with E-state index in [1.165, 1.54) is 0 Å². The molecule has 1 saturated carbocycles. The number of aryl methyl sites for hydroxylation is 1. The minimum absolute atomic E-state index is 0.273. The lowest BCUT2D eigenvalue weighted by molar-refractivity contribution is -0.0300. The zero-order valence-corrected chi connectivity index (χ0v) is 13.1. The number of hydrogen-bond acceptors (Lipinski definition) is 3. The molecular weight excluding hydrogens is 302 g/mol. The van der Waals surface area contributed by atoms with Gasteiger partial charge in [0.25, 0.3) is 5.91 Å². The van der Waals surface area contributed by atoms with Gasteiger partial charge in [0.2, 0.25) is 0 Å². The first kappa shape index (κ1) is 15.1. The van der Waals surface area contributed by atoms with E-state index < -0.39 is 5.60 Å². The van der Waals surface area contributed by atoms with E-state index in [0.29, 0.717) is 10.7 Å². The lowest BCUT2D eigenvalue weighted by Crippen LogP contribution is -2.47. The summed E-state index contributed by atoms with van der Waals surface area (Å²) in [6.07, 6.45) is 2.49. The molecule has 0 radical (unpaired) electrons. The van der Waals surface area contributed by atoms with Crippen molar-refractivity contribution in [1.82, 2.24) is 15.1 Å². The number of carbonyl (C=O) groups excluding carboxylic acids is 1. The Kier molecular flexibility index (Phi) is 3.93. The van der Waals surface area contributed by atoms with E-state index in [0.717, 1.165) is 30.6 Å². The van der Waals surface area contributed by atoms with Gasteiger partial charge in [-0.1, -0.05) is 17.7 Å². The standard InChI is InChI=1S/C16H18ClN3O2/c1-11-8-14(15(21)18-10-16(22)6-3-7-16)19-20(11)13-5-2-4-12(17)9-13/h2,4-5,8-9,22H,3,6-7,10H2,1H3,(H,18,21). The van der Waals surface area contributed by atoms with Gasteiger partial charge in [-0.3, -0.25) is 4.79 Å². The lowest BCUT2D eigenvalue weighted by atomic mass is 9.80. The van der Waals surface area contributed by atoms with E-state index in [4.69, 9.17) is 11.6 Å². The number of rotatable bonds is 4. The predicted molar refractivity (Wildman–Crippen MR) is 84.4 cm³/mol. The van der Waals surface area contributed by atoms with E-state index >= 15 is 0 Å². The normalized spacial score (nSPS) is 16.1. The Morgan fingerprint density at radius 3 is 2.86 bits per heavy atom. The van der Waals surface area contributed by atoms with E-state index in [9.17, 15) is 9.90 Å². The number of nitrogens with one attached hydrogen (secondary N) is 1. The van der Waals surface area contributed by atoms with Crippen molar-refractivity contribution >= 4 is 17.5 Å². The van der Waals surface area contributed by atoms with Crippen molar-refractivity contribution in [3.8, 4) is 5.69 Å². The van der Waals surface area contributed by atoms with Crippen molar-refractivity contribution in [1.29, 1.82) is 0 Å². The van der Waals surface area contributed by atoms with Crippen molar-refractivity contribution in [2.75, 3.05) is 6.54 Å². The minimum Gasteiger partial charge on any atom is -0.388 e. The average molecular weight is 320 g/mol. The van der Waals surface area contributed by atoms with Crippen LogP contribution in [0.25, 0.3) is 5.69 Å². The van der Waals surface area contributed by atoms with E-state index in [-0.39, 0.29) is 12.5 Å². The van der Waals surface area contributed by atoms with Crippen molar-refractivity contribution in [3.63, 3.8) is 0 Å². The Morgan fingerprint density at radius 1 is 1.45 bits per heavy atom. The van der Waals surface area contributed by atoms with E-state index in [2.05, 4.69) is 10.4 Å². The quantitative estimate of drug-likeness (QED) is 0.909. The third-order valence-corrected chi connectivity index (χ3v) is 4.27. The molecule has 0 bridgehead atoms. The van der Waals surface area contributed by atoms with Gasteiger partial charge < -0.3 is 10.4 Å². The maximum Gasteiger partial charge on any atom is 0.271 e. The summed E-state index contributed by atoms with van der Waals surface area (Å²) in [4.78, 5) is 12.2. The van der Waals surface area contributed by atoms with Gasteiger partial charge in [0.1, 0.15) is 0 Å². The SMILES string of the molecule is Cc1cc(C(=O)NCC2(O)CCC2)nn1-c1cccc(Cl)c1. The molecule has 1 aliphatic rings. The first-order chi connectivity index (χ1) is 10.5. The third-order valence-electron chi connectivity index (χ3n) is 4.04. The summed E-state index contributed by atoms with van der Waals surface area (Å²) in [6.45, 7) is 2.15. The number of nitrogens with zero attached hydrogens (tertiary/aromatic N) is 2. The fourth-order valence-corrected chi connectivity index (χ4v) is 2.74. The second-order valence-electron chi connectivity index (χ2n) is 5.82. The molecule has 1 amide bonds. The Balaban J connectivity index is 1.75. The molecular formula is C16H18ClN3O2. The zero-order chi connectivity index (χ0) is 15.7.